The molecule has 1 heterocycles. The molecule has 1 saturated heterocycles. The normalized spacial score (nSPS) is 29.5. The number of carbonyl (C=O) groups is 2. The average Bonchev–Trinajstić information content (AvgIpc) is 2.84. The van der Waals surface area contributed by atoms with Crippen LogP contribution in [0.3, 0.4) is 0 Å². The lowest BCUT2D eigenvalue weighted by atomic mass is 10.0. The van der Waals surface area contributed by atoms with E-state index in [-0.39, 0.29) is 5.75 Å². The van der Waals surface area contributed by atoms with Crippen molar-refractivity contribution >= 4 is 23.7 Å². The predicted octanol–water partition coefficient (Wildman–Crippen LogP) is -7.07. The summed E-state index contributed by atoms with van der Waals surface area (Å²) in [6, 6.07) is -0.903. The van der Waals surface area contributed by atoms with E-state index < -0.39 is 47.8 Å². The molecule has 1 aliphatic heterocycles. The molecule has 10 heteroatoms. The van der Waals surface area contributed by atoms with Crippen molar-refractivity contribution < 1.29 is 45.5 Å². The third-order valence-electron chi connectivity index (χ3n) is 2.79. The van der Waals surface area contributed by atoms with Gasteiger partial charge < -0.3 is 45.5 Å². The predicted molar refractivity (Wildman–Crippen MR) is 56.0 cm³/mol. The Labute approximate surface area is 111 Å². The maximum atomic E-state index is 10.6. The number of hydrogen-bond donors (Lipinski definition) is 5. The molecular weight excluding hydrogens is 282 g/mol. The van der Waals surface area contributed by atoms with Gasteiger partial charge in [-0.05, 0) is 0 Å². The Bertz CT molecular complexity index is 353. The third kappa shape index (κ3) is 3.78. The molecule has 1 fully saturated rings. The lowest BCUT2D eigenvalue weighted by molar-refractivity contribution is -0.692. The van der Waals surface area contributed by atoms with Crippen LogP contribution in [0.4, 0.5) is 0 Å². The fraction of sp³-hybridized carbons (Fsp3) is 0.778. The minimum Gasteiger partial charge on any atom is -0.547 e. The van der Waals surface area contributed by atoms with Crippen LogP contribution in [0.1, 0.15) is 0 Å². The van der Waals surface area contributed by atoms with Gasteiger partial charge in [0.25, 0.3) is 0 Å². The van der Waals surface area contributed by atoms with Gasteiger partial charge in [-0.3, -0.25) is 0 Å². The number of carboxylic acid groups (broad SMARTS) is 2. The van der Waals surface area contributed by atoms with E-state index in [1.165, 1.54) is 5.32 Å². The van der Waals surface area contributed by atoms with Gasteiger partial charge in [0, 0.05) is 0 Å². The third-order valence-corrected chi connectivity index (χ3v) is 4.17. The molecule has 6 atom stereocenters. The van der Waals surface area contributed by atoms with Crippen LogP contribution >= 0.6 is 11.8 Å². The summed E-state index contributed by atoms with van der Waals surface area (Å²) >= 11 is 1.01. The summed E-state index contributed by atoms with van der Waals surface area (Å²) in [5, 5.41) is 58.9. The van der Waals surface area contributed by atoms with Crippen molar-refractivity contribution in [3.8, 4) is 0 Å². The summed E-state index contributed by atoms with van der Waals surface area (Å²) in [4.78, 5) is 20.9. The second-order valence-corrected chi connectivity index (χ2v) is 5.36. The Morgan fingerprint density at radius 2 is 1.74 bits per heavy atom. The number of aliphatic hydroxyl groups excluding tert-OH is 4. The number of thioether (sulfide) groups is 1. The van der Waals surface area contributed by atoms with E-state index in [1.807, 2.05) is 0 Å². The first-order valence-corrected chi connectivity index (χ1v) is 6.41. The monoisotopic (exact) mass is 296 g/mol. The van der Waals surface area contributed by atoms with Crippen LogP contribution in [-0.4, -0.2) is 73.9 Å². The number of carboxylic acids is 2. The largest absolute Gasteiger partial charge is 0.547 e. The van der Waals surface area contributed by atoms with Crippen LogP contribution in [0.5, 0.6) is 0 Å². The van der Waals surface area contributed by atoms with Crippen LogP contribution in [0.2, 0.25) is 0 Å². The van der Waals surface area contributed by atoms with E-state index in [0.717, 1.165) is 11.8 Å². The molecule has 110 valence electrons. The van der Waals surface area contributed by atoms with Gasteiger partial charge in [-0.15, -0.1) is 0 Å². The number of nitrogens with two attached hydrogens (primary N) is 1. The molecule has 0 saturated carbocycles. The van der Waals surface area contributed by atoms with Crippen molar-refractivity contribution in [3.63, 3.8) is 0 Å². The zero-order valence-electron chi connectivity index (χ0n) is 9.58. The molecule has 0 radical (unpaired) electrons. The summed E-state index contributed by atoms with van der Waals surface area (Å²) in [5.41, 5.74) is 0. The Balaban J connectivity index is 2.60. The first-order valence-electron chi connectivity index (χ1n) is 5.36. The Kier molecular flexibility index (Phi) is 5.52. The van der Waals surface area contributed by atoms with Gasteiger partial charge in [-0.1, -0.05) is 11.8 Å². The standard InChI is InChI=1S/C9H15NO8S/c11-3(4(12)6(14)9(17)18)5(13)7-10-2(1-19-7)8(15)16/h2-7,10-14H,1H2,(H,15,16)(H,17,18)/p-1/t2-,3+,4-,5-,6-,7-/m0/s1. The number of aliphatic hydroxyl groups is 4. The van der Waals surface area contributed by atoms with E-state index in [1.54, 1.807) is 0 Å². The summed E-state index contributed by atoms with van der Waals surface area (Å²) in [7, 11) is 0. The van der Waals surface area contributed by atoms with Gasteiger partial charge in [-0.25, -0.2) is 0 Å². The minimum atomic E-state index is -2.35. The van der Waals surface area contributed by atoms with E-state index in [2.05, 4.69) is 0 Å². The molecule has 1 aliphatic rings. The molecule has 0 amide bonds. The Morgan fingerprint density at radius 1 is 1.16 bits per heavy atom. The molecule has 0 aromatic rings. The van der Waals surface area contributed by atoms with Gasteiger partial charge in [0.1, 0.15) is 36.4 Å². The molecule has 6 N–H and O–H groups in total. The second kappa shape index (κ2) is 6.50. The highest BCUT2D eigenvalue weighted by atomic mass is 32.2. The van der Waals surface area contributed by atoms with Crippen LogP contribution < -0.4 is 15.5 Å². The van der Waals surface area contributed by atoms with Crippen LogP contribution in [0.15, 0.2) is 0 Å². The summed E-state index contributed by atoms with van der Waals surface area (Å²) in [5.74, 6) is -3.18. The highest BCUT2D eigenvalue weighted by molar-refractivity contribution is 8.00. The zero-order valence-corrected chi connectivity index (χ0v) is 10.4. The number of rotatable bonds is 6. The molecule has 0 spiro atoms. The van der Waals surface area contributed by atoms with Crippen LogP contribution in [0.25, 0.3) is 0 Å². The van der Waals surface area contributed by atoms with Crippen LogP contribution in [0, 0.1) is 0 Å². The Morgan fingerprint density at radius 3 is 2.16 bits per heavy atom. The first-order chi connectivity index (χ1) is 8.75. The average molecular weight is 296 g/mol. The quantitative estimate of drug-likeness (QED) is 0.318. The highest BCUT2D eigenvalue weighted by Crippen LogP contribution is 2.19. The lowest BCUT2D eigenvalue weighted by Gasteiger charge is -2.28. The van der Waals surface area contributed by atoms with Gasteiger partial charge in [0.2, 0.25) is 0 Å². The maximum Gasteiger partial charge on any atom is 0.162 e. The fourth-order valence-electron chi connectivity index (χ4n) is 1.64. The zero-order chi connectivity index (χ0) is 14.7. The van der Waals surface area contributed by atoms with E-state index in [0.29, 0.717) is 0 Å². The fourth-order valence-corrected chi connectivity index (χ4v) is 2.97. The van der Waals surface area contributed by atoms with Crippen molar-refractivity contribution in [2.75, 3.05) is 5.75 Å². The molecule has 0 aromatic carbocycles. The summed E-state index contributed by atoms with van der Waals surface area (Å²) in [6.07, 6.45) is -8.08. The number of quaternary nitrogens is 1. The van der Waals surface area contributed by atoms with E-state index >= 15 is 0 Å². The number of aliphatic carboxylic acids is 2. The van der Waals surface area contributed by atoms with Crippen LogP contribution in [-0.2, 0) is 9.59 Å². The van der Waals surface area contributed by atoms with E-state index in [4.69, 9.17) is 5.11 Å². The van der Waals surface area contributed by atoms with Crippen molar-refractivity contribution in [3.05, 3.63) is 0 Å². The first kappa shape index (κ1) is 16.1. The van der Waals surface area contributed by atoms with Crippen molar-refractivity contribution in [1.29, 1.82) is 0 Å². The topological polar surface area (TPSA) is 178 Å². The maximum absolute atomic E-state index is 10.6. The molecular formula is C9H14NO8S-. The van der Waals surface area contributed by atoms with Crippen molar-refractivity contribution in [2.24, 2.45) is 0 Å². The number of hydrogen-bond acceptors (Lipinski definition) is 9. The lowest BCUT2D eigenvalue weighted by Crippen LogP contribution is -2.96. The van der Waals surface area contributed by atoms with Crippen molar-refractivity contribution in [1.82, 2.24) is 0 Å². The molecule has 0 aromatic heterocycles. The Hall–Kier alpha value is -0.910. The smallest absolute Gasteiger partial charge is 0.162 e. The SMILES string of the molecule is O=C([O-])[C@@H]1CS[C@@H]([C@@H](O)[C@H](O)[C@H](O)[C@H](O)C(=O)[O-])[NH2+]1. The highest BCUT2D eigenvalue weighted by Gasteiger charge is 2.42. The van der Waals surface area contributed by atoms with Crippen molar-refractivity contribution in [2.45, 2.75) is 35.8 Å². The van der Waals surface area contributed by atoms with Gasteiger partial charge in [0.15, 0.2) is 5.37 Å². The molecule has 1 rings (SSSR count). The summed E-state index contributed by atoms with van der Waals surface area (Å²) in [6.45, 7) is 0. The second-order valence-electron chi connectivity index (χ2n) is 4.15. The molecule has 0 bridgehead atoms. The van der Waals surface area contributed by atoms with E-state index in [9.17, 15) is 35.1 Å². The summed E-state index contributed by atoms with van der Waals surface area (Å²) < 4.78 is 0. The van der Waals surface area contributed by atoms with Gasteiger partial charge in [-0.2, -0.15) is 0 Å². The molecule has 0 aliphatic carbocycles. The van der Waals surface area contributed by atoms with Gasteiger partial charge >= 0.3 is 0 Å². The van der Waals surface area contributed by atoms with Gasteiger partial charge in [0.05, 0.1) is 11.7 Å². The molecule has 9 nitrogen and oxygen atoms in total. The molecule has 19 heavy (non-hydrogen) atoms. The number of carbonyl (C=O) groups excluding carboxylic acids is 2. The minimum absolute atomic E-state index is 0.135. The molecule has 0 unspecified atom stereocenters.